The first-order valence-electron chi connectivity index (χ1n) is 6.45. The number of nitrogens with zero attached hydrogens (tertiary/aromatic N) is 1. The molecule has 0 radical (unpaired) electrons. The van der Waals surface area contributed by atoms with Crippen LogP contribution in [0.5, 0.6) is 0 Å². The average molecular weight is 230 g/mol. The van der Waals surface area contributed by atoms with Crippen molar-refractivity contribution < 1.29 is 4.79 Å². The van der Waals surface area contributed by atoms with E-state index in [9.17, 15) is 4.79 Å². The number of carbonyl (C=O) groups is 1. The van der Waals surface area contributed by atoms with Crippen molar-refractivity contribution in [3.05, 3.63) is 34.9 Å². The fourth-order valence-electron chi connectivity index (χ4n) is 2.73. The number of amides is 1. The van der Waals surface area contributed by atoms with Gasteiger partial charge in [-0.05, 0) is 43.1 Å². The van der Waals surface area contributed by atoms with Crippen molar-refractivity contribution in [2.45, 2.75) is 32.4 Å². The van der Waals surface area contributed by atoms with Crippen molar-refractivity contribution in [3.63, 3.8) is 0 Å². The topological polar surface area (TPSA) is 32.3 Å². The summed E-state index contributed by atoms with van der Waals surface area (Å²) in [6.07, 6.45) is 3.99. The van der Waals surface area contributed by atoms with E-state index in [2.05, 4.69) is 28.4 Å². The number of rotatable bonds is 2. The quantitative estimate of drug-likeness (QED) is 0.841. The van der Waals surface area contributed by atoms with Crippen molar-refractivity contribution in [1.29, 1.82) is 0 Å². The summed E-state index contributed by atoms with van der Waals surface area (Å²) in [7, 11) is 0. The zero-order valence-electron chi connectivity index (χ0n) is 10.0. The Hall–Kier alpha value is -1.35. The summed E-state index contributed by atoms with van der Waals surface area (Å²) in [5, 5.41) is 2.86. The third kappa shape index (κ3) is 2.20. The molecule has 0 saturated carbocycles. The average Bonchev–Trinajstić information content (AvgIpc) is 2.73. The molecule has 2 aliphatic rings. The van der Waals surface area contributed by atoms with Gasteiger partial charge in [0.25, 0.3) is 5.91 Å². The first kappa shape index (κ1) is 10.8. The van der Waals surface area contributed by atoms with E-state index in [1.54, 1.807) is 0 Å². The molecule has 0 spiro atoms. The Kier molecular flexibility index (Phi) is 2.85. The van der Waals surface area contributed by atoms with Crippen molar-refractivity contribution in [3.8, 4) is 0 Å². The molecule has 0 atom stereocenters. The lowest BCUT2D eigenvalue weighted by atomic mass is 10.0. The fraction of sp³-hybridized carbons (Fsp3) is 0.500. The maximum Gasteiger partial charge on any atom is 0.251 e. The standard InChI is InChI=1S/C14H18N2O/c17-14-13-8-11(4-5-12(13)9-15-14)10-16-6-2-1-3-7-16/h4-5,8H,1-3,6-7,9-10H2,(H,15,17). The highest BCUT2D eigenvalue weighted by atomic mass is 16.1. The zero-order chi connectivity index (χ0) is 11.7. The van der Waals surface area contributed by atoms with Crippen LogP contribution in [0, 0.1) is 0 Å². The van der Waals surface area contributed by atoms with Gasteiger partial charge in [-0.1, -0.05) is 18.6 Å². The normalized spacial score (nSPS) is 20.1. The number of likely N-dealkylation sites (tertiary alicyclic amines) is 1. The highest BCUT2D eigenvalue weighted by Crippen LogP contribution is 2.19. The van der Waals surface area contributed by atoms with Crippen LogP contribution >= 0.6 is 0 Å². The smallest absolute Gasteiger partial charge is 0.251 e. The van der Waals surface area contributed by atoms with Gasteiger partial charge in [0.05, 0.1) is 0 Å². The molecule has 17 heavy (non-hydrogen) atoms. The lowest BCUT2D eigenvalue weighted by Gasteiger charge is -2.26. The maximum atomic E-state index is 11.6. The first-order chi connectivity index (χ1) is 8.33. The monoisotopic (exact) mass is 230 g/mol. The summed E-state index contributed by atoms with van der Waals surface area (Å²) in [5.41, 5.74) is 3.28. The lowest BCUT2D eigenvalue weighted by Crippen LogP contribution is -2.29. The largest absolute Gasteiger partial charge is 0.348 e. The Morgan fingerprint density at radius 2 is 2.00 bits per heavy atom. The van der Waals surface area contributed by atoms with Crippen LogP contribution in [0.3, 0.4) is 0 Å². The first-order valence-corrected chi connectivity index (χ1v) is 6.45. The van der Waals surface area contributed by atoms with E-state index in [0.29, 0.717) is 6.54 Å². The molecule has 0 unspecified atom stereocenters. The molecule has 0 aliphatic carbocycles. The van der Waals surface area contributed by atoms with Crippen molar-refractivity contribution in [2.75, 3.05) is 13.1 Å². The van der Waals surface area contributed by atoms with Crippen molar-refractivity contribution in [1.82, 2.24) is 10.2 Å². The molecule has 2 heterocycles. The van der Waals surface area contributed by atoms with Gasteiger partial charge >= 0.3 is 0 Å². The van der Waals surface area contributed by atoms with Gasteiger partial charge in [-0.2, -0.15) is 0 Å². The highest BCUT2D eigenvalue weighted by molar-refractivity contribution is 5.98. The third-order valence-electron chi connectivity index (χ3n) is 3.71. The molecule has 1 aromatic carbocycles. The summed E-state index contributed by atoms with van der Waals surface area (Å²) >= 11 is 0. The molecule has 1 saturated heterocycles. The van der Waals surface area contributed by atoms with Crippen LogP contribution in [0.1, 0.15) is 40.7 Å². The number of hydrogen-bond donors (Lipinski definition) is 1. The maximum absolute atomic E-state index is 11.6. The molecule has 3 nitrogen and oxygen atoms in total. The Morgan fingerprint density at radius 1 is 1.18 bits per heavy atom. The number of nitrogens with one attached hydrogen (secondary N) is 1. The minimum atomic E-state index is 0.0838. The molecule has 0 bridgehead atoms. The molecule has 1 N–H and O–H groups in total. The zero-order valence-corrected chi connectivity index (χ0v) is 10.0. The second-order valence-electron chi connectivity index (χ2n) is 5.01. The molecule has 1 aromatic rings. The molecule has 1 fully saturated rings. The van der Waals surface area contributed by atoms with E-state index in [0.717, 1.165) is 17.7 Å². The number of benzene rings is 1. The molecular formula is C14H18N2O. The molecular weight excluding hydrogens is 212 g/mol. The van der Waals surface area contributed by atoms with Gasteiger partial charge in [0, 0.05) is 18.7 Å². The molecule has 3 rings (SSSR count). The van der Waals surface area contributed by atoms with Gasteiger partial charge in [-0.3, -0.25) is 9.69 Å². The second-order valence-corrected chi connectivity index (χ2v) is 5.01. The molecule has 2 aliphatic heterocycles. The Bertz CT molecular complexity index is 436. The summed E-state index contributed by atoms with van der Waals surface area (Å²) in [6, 6.07) is 6.31. The van der Waals surface area contributed by atoms with Gasteiger partial charge in [0.15, 0.2) is 0 Å². The third-order valence-corrected chi connectivity index (χ3v) is 3.71. The number of carbonyl (C=O) groups excluding carboxylic acids is 1. The summed E-state index contributed by atoms with van der Waals surface area (Å²) in [5.74, 6) is 0.0838. The van der Waals surface area contributed by atoms with Gasteiger partial charge in [-0.25, -0.2) is 0 Å². The Labute approximate surface area is 102 Å². The molecule has 3 heteroatoms. The van der Waals surface area contributed by atoms with E-state index in [1.165, 1.54) is 37.9 Å². The minimum Gasteiger partial charge on any atom is -0.348 e. The van der Waals surface area contributed by atoms with Gasteiger partial charge in [0.2, 0.25) is 0 Å². The molecule has 0 aromatic heterocycles. The summed E-state index contributed by atoms with van der Waals surface area (Å²) in [6.45, 7) is 4.07. The van der Waals surface area contributed by atoms with Gasteiger partial charge in [-0.15, -0.1) is 0 Å². The van der Waals surface area contributed by atoms with E-state index in [4.69, 9.17) is 0 Å². The van der Waals surface area contributed by atoms with Crippen molar-refractivity contribution >= 4 is 5.91 Å². The predicted octanol–water partition coefficient (Wildman–Crippen LogP) is 1.92. The van der Waals surface area contributed by atoms with Crippen LogP contribution in [0.4, 0.5) is 0 Å². The van der Waals surface area contributed by atoms with Gasteiger partial charge in [0.1, 0.15) is 0 Å². The SMILES string of the molecule is O=C1NCc2ccc(CN3CCCCC3)cc21. The Morgan fingerprint density at radius 3 is 2.82 bits per heavy atom. The molecule has 90 valence electrons. The van der Waals surface area contributed by atoms with Gasteiger partial charge < -0.3 is 5.32 Å². The van der Waals surface area contributed by atoms with Crippen LogP contribution in [0.25, 0.3) is 0 Å². The van der Waals surface area contributed by atoms with Crippen LogP contribution in [-0.2, 0) is 13.1 Å². The highest BCUT2D eigenvalue weighted by Gasteiger charge is 2.19. The number of piperidine rings is 1. The lowest BCUT2D eigenvalue weighted by molar-refractivity contribution is 0.0965. The Balaban J connectivity index is 1.75. The van der Waals surface area contributed by atoms with E-state index in [-0.39, 0.29) is 5.91 Å². The van der Waals surface area contributed by atoms with Crippen LogP contribution in [0.2, 0.25) is 0 Å². The minimum absolute atomic E-state index is 0.0838. The predicted molar refractivity (Wildman–Crippen MR) is 66.7 cm³/mol. The van der Waals surface area contributed by atoms with Crippen LogP contribution in [-0.4, -0.2) is 23.9 Å². The molecule has 1 amide bonds. The van der Waals surface area contributed by atoms with E-state index >= 15 is 0 Å². The summed E-state index contributed by atoms with van der Waals surface area (Å²) < 4.78 is 0. The van der Waals surface area contributed by atoms with Crippen molar-refractivity contribution in [2.24, 2.45) is 0 Å². The van der Waals surface area contributed by atoms with E-state index < -0.39 is 0 Å². The van der Waals surface area contributed by atoms with Crippen LogP contribution < -0.4 is 5.32 Å². The van der Waals surface area contributed by atoms with E-state index in [1.807, 2.05) is 0 Å². The number of hydrogen-bond acceptors (Lipinski definition) is 2. The number of fused-ring (bicyclic) bond motifs is 1. The fourth-order valence-corrected chi connectivity index (χ4v) is 2.73. The summed E-state index contributed by atoms with van der Waals surface area (Å²) in [4.78, 5) is 14.1. The second kappa shape index (κ2) is 4.49. The van der Waals surface area contributed by atoms with Crippen LogP contribution in [0.15, 0.2) is 18.2 Å².